The Kier molecular flexibility index (Phi) is 3.36. The molecule has 0 bridgehead atoms. The van der Waals surface area contributed by atoms with Crippen LogP contribution in [0.3, 0.4) is 0 Å². The van der Waals surface area contributed by atoms with Gasteiger partial charge in [-0.3, -0.25) is 4.79 Å². The predicted octanol–water partition coefficient (Wildman–Crippen LogP) is 2.17. The predicted molar refractivity (Wildman–Crippen MR) is 77.5 cm³/mol. The highest BCUT2D eigenvalue weighted by molar-refractivity contribution is 5.88. The Morgan fingerprint density at radius 1 is 1.45 bits per heavy atom. The van der Waals surface area contributed by atoms with Crippen molar-refractivity contribution >= 4 is 5.91 Å². The average molecular weight is 276 g/mol. The fourth-order valence-electron chi connectivity index (χ4n) is 3.19. The summed E-state index contributed by atoms with van der Waals surface area (Å²) in [5, 5.41) is 0. The van der Waals surface area contributed by atoms with Gasteiger partial charge in [-0.05, 0) is 31.8 Å². The summed E-state index contributed by atoms with van der Waals surface area (Å²) in [7, 11) is 0. The molecule has 3 aliphatic rings. The van der Waals surface area contributed by atoms with Crippen LogP contribution in [0.1, 0.15) is 39.5 Å². The summed E-state index contributed by atoms with van der Waals surface area (Å²) in [4.78, 5) is 14.6. The van der Waals surface area contributed by atoms with E-state index in [1.54, 1.807) is 0 Å². The molecule has 1 amide bonds. The van der Waals surface area contributed by atoms with E-state index in [9.17, 15) is 4.79 Å². The molecule has 20 heavy (non-hydrogen) atoms. The van der Waals surface area contributed by atoms with Crippen LogP contribution in [0.15, 0.2) is 23.5 Å². The van der Waals surface area contributed by atoms with E-state index in [4.69, 9.17) is 10.5 Å². The molecule has 1 saturated carbocycles. The van der Waals surface area contributed by atoms with Crippen molar-refractivity contribution in [1.82, 2.24) is 4.90 Å². The molecule has 0 radical (unpaired) electrons. The van der Waals surface area contributed by atoms with E-state index >= 15 is 0 Å². The largest absolute Gasteiger partial charge is 0.399 e. The number of carbonyl (C=O) groups is 1. The summed E-state index contributed by atoms with van der Waals surface area (Å²) in [6.07, 6.45) is 8.65. The number of nitrogens with two attached hydrogens (primary N) is 1. The van der Waals surface area contributed by atoms with Crippen LogP contribution in [0, 0.1) is 11.3 Å². The molecule has 4 nitrogen and oxygen atoms in total. The van der Waals surface area contributed by atoms with E-state index in [-0.39, 0.29) is 17.2 Å². The van der Waals surface area contributed by atoms with Crippen molar-refractivity contribution in [1.29, 1.82) is 0 Å². The third-order valence-electron chi connectivity index (χ3n) is 4.64. The van der Waals surface area contributed by atoms with E-state index in [0.717, 1.165) is 37.4 Å². The van der Waals surface area contributed by atoms with Crippen LogP contribution in [-0.4, -0.2) is 30.1 Å². The van der Waals surface area contributed by atoms with Crippen molar-refractivity contribution in [2.24, 2.45) is 17.1 Å². The molecule has 0 aromatic rings. The maximum atomic E-state index is 12.6. The summed E-state index contributed by atoms with van der Waals surface area (Å²) < 4.78 is 5.66. The number of amides is 1. The number of fused-ring (bicyclic) bond motifs is 1. The van der Waals surface area contributed by atoms with Gasteiger partial charge in [0.05, 0.1) is 11.5 Å². The molecule has 1 heterocycles. The van der Waals surface area contributed by atoms with Crippen LogP contribution in [0.4, 0.5) is 0 Å². The minimum absolute atomic E-state index is 0.225. The highest BCUT2D eigenvalue weighted by atomic mass is 16.5. The van der Waals surface area contributed by atoms with Gasteiger partial charge >= 0.3 is 0 Å². The first-order chi connectivity index (χ1) is 9.50. The molecule has 0 aromatic heterocycles. The zero-order valence-electron chi connectivity index (χ0n) is 12.4. The van der Waals surface area contributed by atoms with Crippen molar-refractivity contribution in [3.05, 3.63) is 23.5 Å². The number of rotatable bonds is 5. The Balaban J connectivity index is 1.67. The van der Waals surface area contributed by atoms with Crippen molar-refractivity contribution in [3.8, 4) is 0 Å². The van der Waals surface area contributed by atoms with E-state index in [1.807, 2.05) is 30.9 Å². The maximum Gasteiger partial charge on any atom is 0.233 e. The zero-order valence-corrected chi connectivity index (χ0v) is 12.4. The molecule has 4 heteroatoms. The zero-order chi connectivity index (χ0) is 14.3. The van der Waals surface area contributed by atoms with Gasteiger partial charge in [0.25, 0.3) is 0 Å². The highest BCUT2D eigenvalue weighted by Crippen LogP contribution is 2.47. The number of ether oxygens (including phenoxy) is 1. The molecule has 1 atom stereocenters. The first-order valence-electron chi connectivity index (χ1n) is 7.61. The number of carbonyl (C=O) groups excluding carboxylic acids is 1. The normalized spacial score (nSPS) is 28.2. The number of hydrogen-bond acceptors (Lipinski definition) is 3. The van der Waals surface area contributed by atoms with E-state index in [2.05, 4.69) is 0 Å². The van der Waals surface area contributed by atoms with Crippen LogP contribution in [0.2, 0.25) is 0 Å². The van der Waals surface area contributed by atoms with E-state index < -0.39 is 0 Å². The Labute approximate surface area is 120 Å². The van der Waals surface area contributed by atoms with Crippen LogP contribution in [-0.2, 0) is 9.53 Å². The molecule has 0 spiro atoms. The molecule has 3 rings (SSSR count). The van der Waals surface area contributed by atoms with Crippen LogP contribution >= 0.6 is 0 Å². The van der Waals surface area contributed by atoms with E-state index in [1.165, 1.54) is 12.8 Å². The van der Waals surface area contributed by atoms with Crippen LogP contribution < -0.4 is 5.73 Å². The highest BCUT2D eigenvalue weighted by Gasteiger charge is 2.50. The van der Waals surface area contributed by atoms with Gasteiger partial charge in [0.1, 0.15) is 0 Å². The second-order valence-corrected chi connectivity index (χ2v) is 6.66. The Bertz CT molecular complexity index is 475. The minimum atomic E-state index is -0.319. The summed E-state index contributed by atoms with van der Waals surface area (Å²) in [5.41, 5.74) is 7.47. The van der Waals surface area contributed by atoms with Crippen molar-refractivity contribution < 1.29 is 9.53 Å². The monoisotopic (exact) mass is 276 g/mol. The second-order valence-electron chi connectivity index (χ2n) is 6.66. The molecule has 1 aliphatic heterocycles. The third kappa shape index (κ3) is 2.37. The van der Waals surface area contributed by atoms with Crippen molar-refractivity contribution in [2.75, 3.05) is 13.2 Å². The van der Waals surface area contributed by atoms with Gasteiger partial charge in [-0.25, -0.2) is 0 Å². The van der Waals surface area contributed by atoms with Gasteiger partial charge in [-0.2, -0.15) is 0 Å². The number of likely N-dealkylation sites (tertiary alicyclic amines) is 1. The van der Waals surface area contributed by atoms with E-state index in [0.29, 0.717) is 6.10 Å². The van der Waals surface area contributed by atoms with Crippen LogP contribution in [0.25, 0.3) is 0 Å². The van der Waals surface area contributed by atoms with Gasteiger partial charge in [-0.15, -0.1) is 0 Å². The van der Waals surface area contributed by atoms with Gasteiger partial charge < -0.3 is 15.4 Å². The topological polar surface area (TPSA) is 55.6 Å². The van der Waals surface area contributed by atoms with Crippen molar-refractivity contribution in [3.63, 3.8) is 0 Å². The summed E-state index contributed by atoms with van der Waals surface area (Å²) in [6.45, 7) is 5.58. The SMILES string of the molecule is CC1(C)C(=O)N(CCCOC2CC2)C2=CC(N)=CCC21. The fourth-order valence-corrected chi connectivity index (χ4v) is 3.19. The van der Waals surface area contributed by atoms with Gasteiger partial charge in [0.15, 0.2) is 0 Å². The molecular formula is C16H24N2O2. The molecule has 1 unspecified atom stereocenters. The minimum Gasteiger partial charge on any atom is -0.399 e. The van der Waals surface area contributed by atoms with Crippen molar-refractivity contribution in [2.45, 2.75) is 45.6 Å². The lowest BCUT2D eigenvalue weighted by atomic mass is 9.76. The summed E-state index contributed by atoms with van der Waals surface area (Å²) >= 11 is 0. The van der Waals surface area contributed by atoms with Crippen LogP contribution in [0.5, 0.6) is 0 Å². The Morgan fingerprint density at radius 3 is 2.90 bits per heavy atom. The molecule has 2 fully saturated rings. The van der Waals surface area contributed by atoms with Gasteiger partial charge in [0, 0.05) is 30.5 Å². The maximum absolute atomic E-state index is 12.6. The standard InChI is InChI=1S/C16H24N2O2/c1-16(2)13-7-4-11(17)10-14(13)18(15(16)19)8-3-9-20-12-5-6-12/h4,10,12-13H,3,5-9,17H2,1-2H3. The molecule has 110 valence electrons. The lowest BCUT2D eigenvalue weighted by Gasteiger charge is -2.25. The summed E-state index contributed by atoms with van der Waals surface area (Å²) in [6, 6.07) is 0. The number of allylic oxidation sites excluding steroid dienone is 3. The Hall–Kier alpha value is -1.29. The first-order valence-corrected chi connectivity index (χ1v) is 7.61. The third-order valence-corrected chi connectivity index (χ3v) is 4.64. The molecule has 0 aromatic carbocycles. The average Bonchev–Trinajstić information content (AvgIpc) is 3.19. The van der Waals surface area contributed by atoms with Gasteiger partial charge in [-0.1, -0.05) is 19.9 Å². The lowest BCUT2D eigenvalue weighted by molar-refractivity contribution is -0.134. The lowest BCUT2D eigenvalue weighted by Crippen LogP contribution is -2.32. The fraction of sp³-hybridized carbons (Fsp3) is 0.688. The Morgan fingerprint density at radius 2 is 2.20 bits per heavy atom. The quantitative estimate of drug-likeness (QED) is 0.783. The first kappa shape index (κ1) is 13.7. The molecule has 2 N–H and O–H groups in total. The molecular weight excluding hydrogens is 252 g/mol. The molecule has 1 saturated heterocycles. The number of hydrogen-bond donors (Lipinski definition) is 1. The molecule has 2 aliphatic carbocycles. The summed E-state index contributed by atoms with van der Waals surface area (Å²) in [5.74, 6) is 0.495. The smallest absolute Gasteiger partial charge is 0.233 e. The van der Waals surface area contributed by atoms with Gasteiger partial charge in [0.2, 0.25) is 5.91 Å². The number of nitrogens with zero attached hydrogens (tertiary/aromatic N) is 1. The second kappa shape index (κ2) is 4.92.